The van der Waals surface area contributed by atoms with Crippen molar-refractivity contribution in [3.63, 3.8) is 0 Å². The molecule has 1 amide bonds. The lowest BCUT2D eigenvalue weighted by atomic mass is 9.99. The van der Waals surface area contributed by atoms with Gasteiger partial charge in [-0.1, -0.05) is 6.08 Å². The highest BCUT2D eigenvalue weighted by molar-refractivity contribution is 7.15. The number of nitrogens with zero attached hydrogens (tertiary/aromatic N) is 1. The number of amides is 1. The molecule has 1 aromatic rings. The van der Waals surface area contributed by atoms with Gasteiger partial charge in [0.05, 0.1) is 0 Å². The van der Waals surface area contributed by atoms with E-state index in [9.17, 15) is 4.79 Å². The van der Waals surface area contributed by atoms with E-state index in [-0.39, 0.29) is 5.91 Å². The van der Waals surface area contributed by atoms with Crippen LogP contribution >= 0.6 is 11.3 Å². The Bertz CT molecular complexity index is 367. The number of anilines is 1. The maximum absolute atomic E-state index is 11.4. The first kappa shape index (κ1) is 8.44. The van der Waals surface area contributed by atoms with Crippen LogP contribution in [0.2, 0.25) is 0 Å². The molecule has 1 heterocycles. The van der Waals surface area contributed by atoms with Crippen molar-refractivity contribution in [2.24, 2.45) is 0 Å². The number of rotatable bonds is 2. The quantitative estimate of drug-likeness (QED) is 0.783. The first-order valence-electron chi connectivity index (χ1n) is 4.18. The van der Waals surface area contributed by atoms with Gasteiger partial charge in [-0.15, -0.1) is 11.3 Å². The van der Waals surface area contributed by atoms with Gasteiger partial charge in [0.2, 0.25) is 0 Å². The second-order valence-electron chi connectivity index (χ2n) is 3.00. The molecule has 4 heteroatoms. The Hall–Kier alpha value is -1.16. The average molecular weight is 194 g/mol. The molecule has 0 bridgehead atoms. The molecular weight excluding hydrogens is 184 g/mol. The van der Waals surface area contributed by atoms with Gasteiger partial charge in [-0.25, -0.2) is 4.98 Å². The second-order valence-corrected chi connectivity index (χ2v) is 4.23. The molecule has 1 aromatic heterocycles. The van der Waals surface area contributed by atoms with E-state index in [0.717, 1.165) is 23.3 Å². The zero-order valence-corrected chi connectivity index (χ0v) is 8.15. The summed E-state index contributed by atoms with van der Waals surface area (Å²) < 4.78 is 0. The first-order chi connectivity index (χ1) is 6.25. The molecule has 1 aliphatic carbocycles. The fourth-order valence-corrected chi connectivity index (χ4v) is 1.74. The van der Waals surface area contributed by atoms with E-state index < -0.39 is 0 Å². The Morgan fingerprint density at radius 1 is 1.69 bits per heavy atom. The summed E-state index contributed by atoms with van der Waals surface area (Å²) in [5.74, 6) is 0.000556. The molecule has 0 radical (unpaired) electrons. The number of hydrogen-bond acceptors (Lipinski definition) is 3. The van der Waals surface area contributed by atoms with Crippen molar-refractivity contribution < 1.29 is 4.79 Å². The van der Waals surface area contributed by atoms with Crippen LogP contribution in [-0.4, -0.2) is 10.9 Å². The summed E-state index contributed by atoms with van der Waals surface area (Å²) >= 11 is 1.50. The number of thiazole rings is 1. The minimum atomic E-state index is 0.000556. The molecular formula is C9H10N2OS. The molecule has 0 unspecified atom stereocenters. The van der Waals surface area contributed by atoms with Crippen molar-refractivity contribution in [3.8, 4) is 0 Å². The molecule has 0 saturated carbocycles. The zero-order valence-electron chi connectivity index (χ0n) is 7.33. The molecule has 0 atom stereocenters. The minimum Gasteiger partial charge on any atom is -0.298 e. The highest BCUT2D eigenvalue weighted by atomic mass is 32.1. The lowest BCUT2D eigenvalue weighted by molar-refractivity contribution is -0.113. The summed E-state index contributed by atoms with van der Waals surface area (Å²) in [4.78, 5) is 16.6. The van der Waals surface area contributed by atoms with Crippen molar-refractivity contribution in [2.75, 3.05) is 5.32 Å². The Morgan fingerprint density at radius 2 is 2.46 bits per heavy atom. The normalized spacial score (nSPS) is 14.7. The van der Waals surface area contributed by atoms with Crippen LogP contribution in [0.5, 0.6) is 0 Å². The molecule has 0 saturated heterocycles. The molecule has 68 valence electrons. The standard InChI is InChI=1S/C9H10N2OS/c1-6-5-10-9(13-6)11-8(12)7-3-2-4-7/h3,5H,2,4H2,1H3,(H,10,11,12). The zero-order chi connectivity index (χ0) is 9.26. The van der Waals surface area contributed by atoms with Gasteiger partial charge < -0.3 is 0 Å². The van der Waals surface area contributed by atoms with Gasteiger partial charge in [-0.3, -0.25) is 10.1 Å². The van der Waals surface area contributed by atoms with E-state index in [1.807, 2.05) is 13.0 Å². The predicted molar refractivity (Wildman–Crippen MR) is 52.8 cm³/mol. The third-order valence-corrected chi connectivity index (χ3v) is 2.77. The molecule has 1 N–H and O–H groups in total. The number of nitrogens with one attached hydrogen (secondary N) is 1. The van der Waals surface area contributed by atoms with E-state index >= 15 is 0 Å². The SMILES string of the molecule is Cc1cnc(NC(=O)C2=CCC2)s1. The van der Waals surface area contributed by atoms with Crippen molar-refractivity contribution in [3.05, 3.63) is 22.7 Å². The second kappa shape index (κ2) is 3.30. The largest absolute Gasteiger partial charge is 0.298 e. The Kier molecular flexibility index (Phi) is 2.14. The van der Waals surface area contributed by atoms with E-state index in [4.69, 9.17) is 0 Å². The van der Waals surface area contributed by atoms with E-state index in [1.165, 1.54) is 11.3 Å². The van der Waals surface area contributed by atoms with Gasteiger partial charge in [0, 0.05) is 16.6 Å². The van der Waals surface area contributed by atoms with Crippen LogP contribution in [0.25, 0.3) is 0 Å². The Morgan fingerprint density at radius 3 is 2.92 bits per heavy atom. The molecule has 3 nitrogen and oxygen atoms in total. The number of hydrogen-bond donors (Lipinski definition) is 1. The average Bonchev–Trinajstić information content (AvgIpc) is 2.31. The maximum atomic E-state index is 11.4. The molecule has 0 aromatic carbocycles. The number of aromatic nitrogens is 1. The summed E-state index contributed by atoms with van der Waals surface area (Å²) in [5.41, 5.74) is 0.882. The Balaban J connectivity index is 2.01. The van der Waals surface area contributed by atoms with Crippen LogP contribution in [0.1, 0.15) is 17.7 Å². The van der Waals surface area contributed by atoms with Gasteiger partial charge in [-0.2, -0.15) is 0 Å². The third kappa shape index (κ3) is 1.78. The van der Waals surface area contributed by atoms with E-state index in [1.54, 1.807) is 6.20 Å². The predicted octanol–water partition coefficient (Wildman–Crippen LogP) is 2.11. The molecule has 0 aliphatic heterocycles. The van der Waals surface area contributed by atoms with Gasteiger partial charge in [-0.05, 0) is 19.8 Å². The lowest BCUT2D eigenvalue weighted by Crippen LogP contribution is -2.17. The van der Waals surface area contributed by atoms with Crippen LogP contribution in [-0.2, 0) is 4.79 Å². The van der Waals surface area contributed by atoms with Gasteiger partial charge in [0.25, 0.3) is 5.91 Å². The Labute approximate surface area is 80.5 Å². The summed E-state index contributed by atoms with van der Waals surface area (Å²) in [5, 5.41) is 3.45. The first-order valence-corrected chi connectivity index (χ1v) is 5.00. The van der Waals surface area contributed by atoms with Crippen LogP contribution < -0.4 is 5.32 Å². The van der Waals surface area contributed by atoms with Crippen molar-refractivity contribution in [1.29, 1.82) is 0 Å². The number of aryl methyl sites for hydroxylation is 1. The maximum Gasteiger partial charge on any atom is 0.253 e. The highest BCUT2D eigenvalue weighted by Crippen LogP contribution is 2.22. The lowest BCUT2D eigenvalue weighted by Gasteiger charge is -2.12. The molecule has 2 rings (SSSR count). The fourth-order valence-electron chi connectivity index (χ4n) is 1.08. The van der Waals surface area contributed by atoms with Crippen molar-refractivity contribution >= 4 is 22.4 Å². The topological polar surface area (TPSA) is 42.0 Å². The van der Waals surface area contributed by atoms with Crippen LogP contribution in [0.3, 0.4) is 0 Å². The van der Waals surface area contributed by atoms with E-state index in [2.05, 4.69) is 10.3 Å². The van der Waals surface area contributed by atoms with Crippen molar-refractivity contribution in [1.82, 2.24) is 4.98 Å². The monoisotopic (exact) mass is 194 g/mol. The highest BCUT2D eigenvalue weighted by Gasteiger charge is 2.15. The van der Waals surface area contributed by atoms with Crippen LogP contribution in [0.4, 0.5) is 5.13 Å². The summed E-state index contributed by atoms with van der Waals surface area (Å²) in [6.07, 6.45) is 5.64. The summed E-state index contributed by atoms with van der Waals surface area (Å²) in [6.45, 7) is 1.97. The van der Waals surface area contributed by atoms with Gasteiger partial charge in [0.15, 0.2) is 5.13 Å². The number of carbonyl (C=O) groups excluding carboxylic acids is 1. The third-order valence-electron chi connectivity index (χ3n) is 1.94. The fraction of sp³-hybridized carbons (Fsp3) is 0.333. The molecule has 0 spiro atoms. The van der Waals surface area contributed by atoms with Crippen LogP contribution in [0.15, 0.2) is 17.8 Å². The molecule has 13 heavy (non-hydrogen) atoms. The van der Waals surface area contributed by atoms with Crippen molar-refractivity contribution in [2.45, 2.75) is 19.8 Å². The molecule has 1 aliphatic rings. The smallest absolute Gasteiger partial charge is 0.253 e. The van der Waals surface area contributed by atoms with Gasteiger partial charge in [0.1, 0.15) is 0 Å². The summed E-state index contributed by atoms with van der Waals surface area (Å²) in [6, 6.07) is 0. The number of carbonyl (C=O) groups is 1. The summed E-state index contributed by atoms with van der Waals surface area (Å²) in [7, 11) is 0. The van der Waals surface area contributed by atoms with Crippen LogP contribution in [0, 0.1) is 6.92 Å². The number of allylic oxidation sites excluding steroid dienone is 1. The minimum absolute atomic E-state index is 0.000556. The van der Waals surface area contributed by atoms with Gasteiger partial charge >= 0.3 is 0 Å². The molecule has 0 fully saturated rings. The van der Waals surface area contributed by atoms with E-state index in [0.29, 0.717) is 5.13 Å².